The normalized spacial score (nSPS) is 11.7. The minimum Gasteiger partial charge on any atom is -0.396 e. The summed E-state index contributed by atoms with van der Waals surface area (Å²) in [6.07, 6.45) is 0. The topological polar surface area (TPSA) is 78.0 Å². The molecular formula is C13H17N3O2S. The lowest BCUT2D eigenvalue weighted by molar-refractivity contribution is 0.596. The van der Waals surface area contributed by atoms with Gasteiger partial charge in [0.25, 0.3) is 0 Å². The van der Waals surface area contributed by atoms with E-state index in [1.807, 2.05) is 6.92 Å². The molecule has 0 spiro atoms. The highest BCUT2D eigenvalue weighted by atomic mass is 32.2. The van der Waals surface area contributed by atoms with E-state index < -0.39 is 9.84 Å². The van der Waals surface area contributed by atoms with E-state index in [1.54, 1.807) is 42.8 Å². The van der Waals surface area contributed by atoms with E-state index in [0.29, 0.717) is 17.1 Å². The molecule has 6 heteroatoms. The molecular weight excluding hydrogens is 262 g/mol. The van der Waals surface area contributed by atoms with Crippen LogP contribution < -0.4 is 5.73 Å². The summed E-state index contributed by atoms with van der Waals surface area (Å²) in [5.74, 6) is 0.0544. The number of hydrogen-bond donors (Lipinski definition) is 1. The fourth-order valence-electron chi connectivity index (χ4n) is 1.94. The molecule has 0 bridgehead atoms. The van der Waals surface area contributed by atoms with Gasteiger partial charge >= 0.3 is 0 Å². The number of nitrogen functional groups attached to an aromatic ring is 1. The maximum Gasteiger partial charge on any atom is 0.180 e. The van der Waals surface area contributed by atoms with Gasteiger partial charge in [-0.25, -0.2) is 13.1 Å². The standard InChI is InChI=1S/C13H17N3O2S/c1-4-19(17,18)12-8-6-5-7-11(12)16-10(3)13(14)9(2)15-16/h5-8H,4,14H2,1-3H3. The van der Waals surface area contributed by atoms with Gasteiger partial charge in [-0.2, -0.15) is 5.10 Å². The Hall–Kier alpha value is -1.82. The highest BCUT2D eigenvalue weighted by molar-refractivity contribution is 7.91. The van der Waals surface area contributed by atoms with Crippen LogP contribution in [-0.4, -0.2) is 24.0 Å². The average molecular weight is 279 g/mol. The minimum absolute atomic E-state index is 0.0544. The van der Waals surface area contributed by atoms with E-state index >= 15 is 0 Å². The van der Waals surface area contributed by atoms with Gasteiger partial charge in [0.1, 0.15) is 0 Å². The van der Waals surface area contributed by atoms with Crippen molar-refractivity contribution in [1.29, 1.82) is 0 Å². The summed E-state index contributed by atoms with van der Waals surface area (Å²) in [5.41, 5.74) is 8.47. The molecule has 0 saturated heterocycles. The number of sulfone groups is 1. The zero-order chi connectivity index (χ0) is 14.2. The molecule has 0 aliphatic rings. The first-order chi connectivity index (χ1) is 8.88. The summed E-state index contributed by atoms with van der Waals surface area (Å²) >= 11 is 0. The monoisotopic (exact) mass is 279 g/mol. The van der Waals surface area contributed by atoms with Crippen molar-refractivity contribution < 1.29 is 8.42 Å². The van der Waals surface area contributed by atoms with Crippen LogP contribution in [0, 0.1) is 13.8 Å². The Bertz CT molecular complexity index is 717. The Morgan fingerprint density at radius 3 is 2.42 bits per heavy atom. The van der Waals surface area contributed by atoms with E-state index in [1.165, 1.54) is 0 Å². The average Bonchev–Trinajstić information content (AvgIpc) is 2.66. The molecule has 2 N–H and O–H groups in total. The van der Waals surface area contributed by atoms with Gasteiger partial charge in [-0.1, -0.05) is 19.1 Å². The lowest BCUT2D eigenvalue weighted by Gasteiger charge is -2.10. The van der Waals surface area contributed by atoms with Gasteiger partial charge in [-0.05, 0) is 26.0 Å². The number of aromatic nitrogens is 2. The number of benzene rings is 1. The van der Waals surface area contributed by atoms with Crippen LogP contribution in [0.4, 0.5) is 5.69 Å². The van der Waals surface area contributed by atoms with Crippen molar-refractivity contribution in [3.8, 4) is 5.69 Å². The zero-order valence-electron chi connectivity index (χ0n) is 11.2. The largest absolute Gasteiger partial charge is 0.396 e. The molecule has 0 fully saturated rings. The maximum atomic E-state index is 12.1. The molecule has 0 aliphatic heterocycles. The second-order valence-electron chi connectivity index (χ2n) is 4.37. The Kier molecular flexibility index (Phi) is 3.36. The van der Waals surface area contributed by atoms with Gasteiger partial charge in [-0.3, -0.25) is 0 Å². The Labute approximate surface area is 113 Å². The number of rotatable bonds is 3. The van der Waals surface area contributed by atoms with E-state index in [0.717, 1.165) is 5.69 Å². The summed E-state index contributed by atoms with van der Waals surface area (Å²) in [7, 11) is -3.30. The molecule has 0 unspecified atom stereocenters. The van der Waals surface area contributed by atoms with Crippen LogP contribution in [-0.2, 0) is 9.84 Å². The van der Waals surface area contributed by atoms with Gasteiger partial charge in [0.2, 0.25) is 0 Å². The molecule has 0 saturated carbocycles. The van der Waals surface area contributed by atoms with Gasteiger partial charge in [0.15, 0.2) is 9.84 Å². The van der Waals surface area contributed by atoms with Crippen LogP contribution in [0.2, 0.25) is 0 Å². The highest BCUT2D eigenvalue weighted by Gasteiger charge is 2.20. The smallest absolute Gasteiger partial charge is 0.180 e. The van der Waals surface area contributed by atoms with Gasteiger partial charge in [0.05, 0.1) is 33.4 Å². The number of para-hydroxylation sites is 1. The first-order valence-electron chi connectivity index (χ1n) is 6.02. The first-order valence-corrected chi connectivity index (χ1v) is 7.67. The minimum atomic E-state index is -3.30. The Morgan fingerprint density at radius 2 is 1.89 bits per heavy atom. The summed E-state index contributed by atoms with van der Waals surface area (Å²) < 4.78 is 25.8. The van der Waals surface area contributed by atoms with Crippen molar-refractivity contribution >= 4 is 15.5 Å². The second-order valence-corrected chi connectivity index (χ2v) is 6.61. The molecule has 1 heterocycles. The molecule has 19 heavy (non-hydrogen) atoms. The van der Waals surface area contributed by atoms with E-state index in [-0.39, 0.29) is 10.6 Å². The van der Waals surface area contributed by atoms with Crippen molar-refractivity contribution in [3.63, 3.8) is 0 Å². The predicted octanol–water partition coefficient (Wildman–Crippen LogP) is 1.86. The lowest BCUT2D eigenvalue weighted by Crippen LogP contribution is -2.10. The van der Waals surface area contributed by atoms with Crippen LogP contribution in [0.25, 0.3) is 5.69 Å². The molecule has 5 nitrogen and oxygen atoms in total. The molecule has 2 aromatic rings. The third-order valence-corrected chi connectivity index (χ3v) is 4.93. The zero-order valence-corrected chi connectivity index (χ0v) is 12.0. The number of anilines is 1. The van der Waals surface area contributed by atoms with Gasteiger partial charge in [0, 0.05) is 0 Å². The van der Waals surface area contributed by atoms with Crippen LogP contribution in [0.1, 0.15) is 18.3 Å². The lowest BCUT2D eigenvalue weighted by atomic mass is 10.3. The molecule has 2 rings (SSSR count). The predicted molar refractivity (Wildman–Crippen MR) is 75.2 cm³/mol. The Balaban J connectivity index is 2.74. The molecule has 1 aromatic heterocycles. The van der Waals surface area contributed by atoms with Crippen molar-refractivity contribution in [2.24, 2.45) is 0 Å². The van der Waals surface area contributed by atoms with Crippen LogP contribution in [0.15, 0.2) is 29.2 Å². The maximum absolute atomic E-state index is 12.1. The van der Waals surface area contributed by atoms with Gasteiger partial charge in [-0.15, -0.1) is 0 Å². The van der Waals surface area contributed by atoms with Crippen LogP contribution in [0.5, 0.6) is 0 Å². The number of nitrogens with two attached hydrogens (primary N) is 1. The molecule has 0 amide bonds. The van der Waals surface area contributed by atoms with Crippen molar-refractivity contribution in [3.05, 3.63) is 35.7 Å². The van der Waals surface area contributed by atoms with E-state index in [2.05, 4.69) is 5.10 Å². The fourth-order valence-corrected chi connectivity index (χ4v) is 3.01. The summed E-state index contributed by atoms with van der Waals surface area (Å²) in [6.45, 7) is 5.25. The Morgan fingerprint density at radius 1 is 1.26 bits per heavy atom. The second kappa shape index (κ2) is 4.70. The van der Waals surface area contributed by atoms with Crippen molar-refractivity contribution in [1.82, 2.24) is 9.78 Å². The number of nitrogens with zero attached hydrogens (tertiary/aromatic N) is 2. The van der Waals surface area contributed by atoms with Crippen LogP contribution in [0.3, 0.4) is 0 Å². The molecule has 0 atom stereocenters. The van der Waals surface area contributed by atoms with Gasteiger partial charge < -0.3 is 5.73 Å². The number of hydrogen-bond acceptors (Lipinski definition) is 4. The summed E-state index contributed by atoms with van der Waals surface area (Å²) in [6, 6.07) is 6.83. The van der Waals surface area contributed by atoms with Crippen molar-refractivity contribution in [2.75, 3.05) is 11.5 Å². The first kappa shape index (κ1) is 13.6. The molecule has 102 valence electrons. The quantitative estimate of drug-likeness (QED) is 0.930. The summed E-state index contributed by atoms with van der Waals surface area (Å²) in [4.78, 5) is 0.281. The number of aryl methyl sites for hydroxylation is 1. The molecule has 1 aromatic carbocycles. The third kappa shape index (κ3) is 2.23. The highest BCUT2D eigenvalue weighted by Crippen LogP contribution is 2.25. The third-order valence-electron chi connectivity index (χ3n) is 3.16. The molecule has 0 radical (unpaired) electrons. The van der Waals surface area contributed by atoms with Crippen molar-refractivity contribution in [2.45, 2.75) is 25.7 Å². The van der Waals surface area contributed by atoms with E-state index in [4.69, 9.17) is 5.73 Å². The fraction of sp³-hybridized carbons (Fsp3) is 0.308. The SMILES string of the molecule is CCS(=O)(=O)c1ccccc1-n1nc(C)c(N)c1C. The molecule has 0 aliphatic carbocycles. The summed E-state index contributed by atoms with van der Waals surface area (Å²) in [5, 5.41) is 4.32. The van der Waals surface area contributed by atoms with E-state index in [9.17, 15) is 8.42 Å². The van der Waals surface area contributed by atoms with Crippen LogP contribution >= 0.6 is 0 Å².